The second kappa shape index (κ2) is 6.46. The van der Waals surface area contributed by atoms with Crippen molar-refractivity contribution < 1.29 is 4.39 Å². The van der Waals surface area contributed by atoms with Crippen LogP contribution in [-0.4, -0.2) is 11.9 Å². The highest BCUT2D eigenvalue weighted by Crippen LogP contribution is 2.15. The Balaban J connectivity index is 2.50. The molecule has 0 saturated heterocycles. The van der Waals surface area contributed by atoms with E-state index in [1.54, 1.807) is 6.07 Å². The first-order valence-electron chi connectivity index (χ1n) is 4.86. The number of benzene rings is 1. The smallest absolute Gasteiger partial charge is 0.128 e. The summed E-state index contributed by atoms with van der Waals surface area (Å²) in [5, 5.41) is 3.22. The van der Waals surface area contributed by atoms with Gasteiger partial charge in [0.15, 0.2) is 0 Å². The molecule has 0 spiro atoms. The number of hydrogen-bond donors (Lipinski definition) is 1. The van der Waals surface area contributed by atoms with Crippen LogP contribution in [0.4, 0.5) is 4.39 Å². The van der Waals surface area contributed by atoms with Gasteiger partial charge >= 0.3 is 0 Å². The van der Waals surface area contributed by atoms with E-state index in [-0.39, 0.29) is 5.82 Å². The van der Waals surface area contributed by atoms with Gasteiger partial charge in [-0.25, -0.2) is 4.39 Å². The average Bonchev–Trinajstić information content (AvgIpc) is 2.17. The van der Waals surface area contributed by atoms with E-state index in [9.17, 15) is 4.39 Å². The molecule has 1 atom stereocenters. The fourth-order valence-corrected chi connectivity index (χ4v) is 1.88. The fourth-order valence-electron chi connectivity index (χ4n) is 1.21. The van der Waals surface area contributed by atoms with Crippen LogP contribution in [0.1, 0.15) is 18.9 Å². The van der Waals surface area contributed by atoms with E-state index in [2.05, 4.69) is 21.2 Å². The molecule has 0 aromatic heterocycles. The first-order valence-corrected chi connectivity index (χ1v) is 6.19. The van der Waals surface area contributed by atoms with Crippen LogP contribution in [0.25, 0.3) is 0 Å². The van der Waals surface area contributed by atoms with Crippen LogP contribution in [-0.2, 0) is 6.54 Å². The van der Waals surface area contributed by atoms with Crippen molar-refractivity contribution in [2.45, 2.75) is 25.9 Å². The number of hydrogen-bond acceptors (Lipinski definition) is 1. The topological polar surface area (TPSA) is 12.0 Å². The van der Waals surface area contributed by atoms with Crippen molar-refractivity contribution >= 4 is 27.5 Å². The van der Waals surface area contributed by atoms with Crippen molar-refractivity contribution in [1.29, 1.82) is 0 Å². The fraction of sp³-hybridized carbons (Fsp3) is 0.455. The Morgan fingerprint density at radius 2 is 2.27 bits per heavy atom. The van der Waals surface area contributed by atoms with Crippen molar-refractivity contribution in [2.75, 3.05) is 5.88 Å². The lowest BCUT2D eigenvalue weighted by Gasteiger charge is -2.12. The van der Waals surface area contributed by atoms with Gasteiger partial charge in [0.05, 0.1) is 0 Å². The van der Waals surface area contributed by atoms with Gasteiger partial charge in [0, 0.05) is 28.5 Å². The summed E-state index contributed by atoms with van der Waals surface area (Å²) in [6.45, 7) is 2.58. The summed E-state index contributed by atoms with van der Waals surface area (Å²) >= 11 is 8.83. The second-order valence-corrected chi connectivity index (χ2v) is 4.79. The lowest BCUT2D eigenvalue weighted by atomic mass is 10.2. The number of halogens is 3. The van der Waals surface area contributed by atoms with Crippen molar-refractivity contribution in [3.05, 3.63) is 34.1 Å². The molecule has 0 radical (unpaired) electrons. The molecular formula is C11H14BrClFN. The van der Waals surface area contributed by atoms with Crippen LogP contribution in [0.15, 0.2) is 22.7 Å². The molecule has 0 aliphatic heterocycles. The Morgan fingerprint density at radius 1 is 1.53 bits per heavy atom. The highest BCUT2D eigenvalue weighted by Gasteiger charge is 2.04. The Labute approximate surface area is 103 Å². The highest BCUT2D eigenvalue weighted by atomic mass is 79.9. The quantitative estimate of drug-likeness (QED) is 0.817. The molecule has 1 N–H and O–H groups in total. The van der Waals surface area contributed by atoms with E-state index in [1.807, 2.05) is 13.0 Å². The molecule has 84 valence electrons. The molecule has 15 heavy (non-hydrogen) atoms. The van der Waals surface area contributed by atoms with Gasteiger partial charge in [0.1, 0.15) is 5.82 Å². The summed E-state index contributed by atoms with van der Waals surface area (Å²) < 4.78 is 14.2. The van der Waals surface area contributed by atoms with Gasteiger partial charge in [-0.15, -0.1) is 11.6 Å². The van der Waals surface area contributed by atoms with Gasteiger partial charge in [-0.05, 0) is 25.5 Å². The lowest BCUT2D eigenvalue weighted by molar-refractivity contribution is 0.518. The molecule has 4 heteroatoms. The zero-order valence-electron chi connectivity index (χ0n) is 8.56. The van der Waals surface area contributed by atoms with Gasteiger partial charge in [-0.1, -0.05) is 22.0 Å². The van der Waals surface area contributed by atoms with E-state index >= 15 is 0 Å². The maximum Gasteiger partial charge on any atom is 0.128 e. The van der Waals surface area contributed by atoms with E-state index < -0.39 is 0 Å². The Kier molecular flexibility index (Phi) is 5.58. The van der Waals surface area contributed by atoms with Crippen LogP contribution in [0.5, 0.6) is 0 Å². The molecule has 0 aliphatic rings. The molecule has 0 bridgehead atoms. The molecule has 1 unspecified atom stereocenters. The second-order valence-electron chi connectivity index (χ2n) is 3.50. The summed E-state index contributed by atoms with van der Waals surface area (Å²) in [6.07, 6.45) is 0.889. The van der Waals surface area contributed by atoms with Gasteiger partial charge in [0.25, 0.3) is 0 Å². The van der Waals surface area contributed by atoms with Crippen molar-refractivity contribution in [1.82, 2.24) is 5.32 Å². The van der Waals surface area contributed by atoms with Crippen molar-refractivity contribution in [2.24, 2.45) is 0 Å². The molecule has 0 saturated carbocycles. The lowest BCUT2D eigenvalue weighted by Crippen LogP contribution is -2.26. The first-order chi connectivity index (χ1) is 7.13. The summed E-state index contributed by atoms with van der Waals surface area (Å²) in [6, 6.07) is 5.40. The first kappa shape index (κ1) is 12.9. The molecule has 1 rings (SSSR count). The van der Waals surface area contributed by atoms with E-state index in [0.717, 1.165) is 10.9 Å². The molecule has 0 fully saturated rings. The normalized spacial score (nSPS) is 12.8. The average molecular weight is 295 g/mol. The van der Waals surface area contributed by atoms with Crippen molar-refractivity contribution in [3.63, 3.8) is 0 Å². The standard InChI is InChI=1S/C11H14BrClFN/c1-8(4-5-13)15-7-9-2-3-10(12)6-11(9)14/h2-3,6,8,15H,4-5,7H2,1H3. The maximum absolute atomic E-state index is 13.4. The highest BCUT2D eigenvalue weighted by molar-refractivity contribution is 9.10. The summed E-state index contributed by atoms with van der Waals surface area (Å²) in [5.74, 6) is 0.437. The van der Waals surface area contributed by atoms with Crippen LogP contribution >= 0.6 is 27.5 Å². The van der Waals surface area contributed by atoms with Gasteiger partial charge < -0.3 is 5.32 Å². The largest absolute Gasteiger partial charge is 0.310 e. The molecular weight excluding hydrogens is 280 g/mol. The minimum atomic E-state index is -0.185. The van der Waals surface area contributed by atoms with E-state index in [1.165, 1.54) is 6.07 Å². The molecule has 1 aromatic carbocycles. The monoisotopic (exact) mass is 293 g/mol. The predicted molar refractivity (Wildman–Crippen MR) is 65.7 cm³/mol. The van der Waals surface area contributed by atoms with Crippen LogP contribution in [0.2, 0.25) is 0 Å². The number of rotatable bonds is 5. The van der Waals surface area contributed by atoms with Crippen LogP contribution in [0.3, 0.4) is 0 Å². The number of alkyl halides is 1. The SMILES string of the molecule is CC(CCCl)NCc1ccc(Br)cc1F. The molecule has 1 aromatic rings. The van der Waals surface area contributed by atoms with E-state index in [0.29, 0.717) is 24.0 Å². The van der Waals surface area contributed by atoms with Gasteiger partial charge in [0.2, 0.25) is 0 Å². The van der Waals surface area contributed by atoms with Gasteiger partial charge in [-0.2, -0.15) is 0 Å². The summed E-state index contributed by atoms with van der Waals surface area (Å²) in [4.78, 5) is 0. The summed E-state index contributed by atoms with van der Waals surface area (Å²) in [5.41, 5.74) is 0.680. The number of nitrogens with one attached hydrogen (secondary N) is 1. The molecule has 0 heterocycles. The Morgan fingerprint density at radius 3 is 2.87 bits per heavy atom. The van der Waals surface area contributed by atoms with Gasteiger partial charge in [-0.3, -0.25) is 0 Å². The molecule has 1 nitrogen and oxygen atoms in total. The third-order valence-electron chi connectivity index (χ3n) is 2.20. The summed E-state index contributed by atoms with van der Waals surface area (Å²) in [7, 11) is 0. The third-order valence-corrected chi connectivity index (χ3v) is 2.91. The minimum Gasteiger partial charge on any atom is -0.310 e. The minimum absolute atomic E-state index is 0.185. The Bertz CT molecular complexity index is 319. The predicted octanol–water partition coefficient (Wildman–Crippen LogP) is 3.70. The van der Waals surface area contributed by atoms with Crippen molar-refractivity contribution in [3.8, 4) is 0 Å². The molecule has 0 aliphatic carbocycles. The maximum atomic E-state index is 13.4. The molecule has 0 amide bonds. The zero-order valence-corrected chi connectivity index (χ0v) is 10.9. The zero-order chi connectivity index (χ0) is 11.3. The Hall–Kier alpha value is -0.120. The van der Waals surface area contributed by atoms with E-state index in [4.69, 9.17) is 11.6 Å². The third kappa shape index (κ3) is 4.49. The van der Waals surface area contributed by atoms with Crippen LogP contribution < -0.4 is 5.32 Å². The van der Waals surface area contributed by atoms with Crippen LogP contribution in [0, 0.1) is 5.82 Å².